The Labute approximate surface area is 206 Å². The molecule has 0 bridgehead atoms. The van der Waals surface area contributed by atoms with Gasteiger partial charge in [0, 0.05) is 49.9 Å². The summed E-state index contributed by atoms with van der Waals surface area (Å²) >= 11 is 0. The lowest BCUT2D eigenvalue weighted by molar-refractivity contribution is -0.147. The molecule has 1 amide bonds. The van der Waals surface area contributed by atoms with E-state index in [0.29, 0.717) is 18.7 Å². The second-order valence-corrected chi connectivity index (χ2v) is 9.72. The number of hydrogen-bond donors (Lipinski definition) is 6. The molecule has 5 rings (SSSR count). The first-order valence-electron chi connectivity index (χ1n) is 11.7. The lowest BCUT2D eigenvalue weighted by Crippen LogP contribution is -2.58. The fraction of sp³-hybridized carbons (Fsp3) is 0.346. The SMILES string of the molecule is Cn1cccc1CNCc1ccc(O)c2c1C[C@H]1C[C@H]3CC(=O)C(C(N)=O)=C(O)[C@@]3(O)C(=O)C1=C2O. The zero-order chi connectivity index (χ0) is 25.9. The molecule has 1 aromatic carbocycles. The van der Waals surface area contributed by atoms with Gasteiger partial charge in [-0.3, -0.25) is 14.4 Å². The van der Waals surface area contributed by atoms with Gasteiger partial charge in [0.2, 0.25) is 5.78 Å². The largest absolute Gasteiger partial charge is 0.508 e. The summed E-state index contributed by atoms with van der Waals surface area (Å²) in [6.07, 6.45) is 1.99. The van der Waals surface area contributed by atoms with Gasteiger partial charge in [-0.15, -0.1) is 0 Å². The summed E-state index contributed by atoms with van der Waals surface area (Å²) in [5, 5.41) is 47.0. The zero-order valence-corrected chi connectivity index (χ0v) is 19.6. The Bertz CT molecular complexity index is 1390. The Morgan fingerprint density at radius 3 is 2.58 bits per heavy atom. The van der Waals surface area contributed by atoms with E-state index in [0.717, 1.165) is 11.3 Å². The third-order valence-corrected chi connectivity index (χ3v) is 7.72. The van der Waals surface area contributed by atoms with Gasteiger partial charge in [-0.1, -0.05) is 6.07 Å². The van der Waals surface area contributed by atoms with E-state index in [1.54, 1.807) is 6.07 Å². The third kappa shape index (κ3) is 3.36. The van der Waals surface area contributed by atoms with E-state index >= 15 is 0 Å². The van der Waals surface area contributed by atoms with E-state index in [4.69, 9.17) is 5.73 Å². The molecular weight excluding hydrogens is 466 g/mol. The van der Waals surface area contributed by atoms with Gasteiger partial charge in [0.05, 0.1) is 5.56 Å². The number of rotatable bonds is 5. The highest BCUT2D eigenvalue weighted by Crippen LogP contribution is 2.52. The fourth-order valence-corrected chi connectivity index (χ4v) is 5.86. The van der Waals surface area contributed by atoms with Crippen LogP contribution in [0.1, 0.15) is 35.2 Å². The van der Waals surface area contributed by atoms with Crippen LogP contribution in [-0.4, -0.2) is 48.1 Å². The van der Waals surface area contributed by atoms with Crippen molar-refractivity contribution >= 4 is 23.2 Å². The van der Waals surface area contributed by atoms with Crippen molar-refractivity contribution < 1.29 is 34.8 Å². The maximum atomic E-state index is 13.5. The number of Topliss-reactive ketones (excluding diaryl/α,β-unsaturated/α-hetero) is 2. The lowest BCUT2D eigenvalue weighted by Gasteiger charge is -2.46. The summed E-state index contributed by atoms with van der Waals surface area (Å²) in [6.45, 7) is 1.04. The van der Waals surface area contributed by atoms with Crippen molar-refractivity contribution in [1.82, 2.24) is 9.88 Å². The van der Waals surface area contributed by atoms with Gasteiger partial charge in [-0.2, -0.15) is 0 Å². The van der Waals surface area contributed by atoms with Crippen molar-refractivity contribution in [3.63, 3.8) is 0 Å². The van der Waals surface area contributed by atoms with Gasteiger partial charge in [0.1, 0.15) is 22.8 Å². The number of benzene rings is 1. The summed E-state index contributed by atoms with van der Waals surface area (Å²) in [5.74, 6) is -6.30. The molecule has 36 heavy (non-hydrogen) atoms. The fourth-order valence-electron chi connectivity index (χ4n) is 5.86. The number of aromatic nitrogens is 1. The Balaban J connectivity index is 1.54. The third-order valence-electron chi connectivity index (χ3n) is 7.72. The van der Waals surface area contributed by atoms with Crippen LogP contribution in [0.2, 0.25) is 0 Å². The topological polar surface area (TPSA) is 175 Å². The van der Waals surface area contributed by atoms with Gasteiger partial charge >= 0.3 is 0 Å². The molecule has 2 aromatic rings. The van der Waals surface area contributed by atoms with E-state index in [2.05, 4.69) is 5.32 Å². The number of aryl methyl sites for hydroxylation is 1. The van der Waals surface area contributed by atoms with Crippen LogP contribution in [-0.2, 0) is 40.9 Å². The number of carbonyl (C=O) groups excluding carboxylic acids is 3. The number of nitrogens with zero attached hydrogens (tertiary/aromatic N) is 1. The average molecular weight is 494 g/mol. The van der Waals surface area contributed by atoms with Crippen LogP contribution in [0.5, 0.6) is 5.75 Å². The lowest BCUT2D eigenvalue weighted by atomic mass is 9.59. The van der Waals surface area contributed by atoms with E-state index in [1.807, 2.05) is 29.9 Å². The molecule has 0 unspecified atom stereocenters. The number of phenolic OH excluding ortho intramolecular Hbond substituents is 1. The van der Waals surface area contributed by atoms with Crippen LogP contribution in [0.3, 0.4) is 0 Å². The zero-order valence-electron chi connectivity index (χ0n) is 19.6. The molecule has 188 valence electrons. The number of aromatic hydroxyl groups is 1. The smallest absolute Gasteiger partial charge is 0.255 e. The highest BCUT2D eigenvalue weighted by molar-refractivity contribution is 6.22. The first kappa shape index (κ1) is 23.8. The highest BCUT2D eigenvalue weighted by Gasteiger charge is 2.60. The Kier molecular flexibility index (Phi) is 5.53. The van der Waals surface area contributed by atoms with Gasteiger partial charge < -0.3 is 36.0 Å². The quantitative estimate of drug-likeness (QED) is 0.335. The van der Waals surface area contributed by atoms with Crippen molar-refractivity contribution in [3.05, 3.63) is 69.8 Å². The number of carbonyl (C=O) groups is 3. The number of hydrogen-bond acceptors (Lipinski definition) is 8. The van der Waals surface area contributed by atoms with Crippen molar-refractivity contribution in [1.29, 1.82) is 0 Å². The molecule has 3 aliphatic carbocycles. The number of phenols is 1. The number of aliphatic hydroxyl groups excluding tert-OH is 2. The van der Waals surface area contributed by atoms with Gasteiger partial charge in [0.15, 0.2) is 11.4 Å². The minimum atomic E-state index is -2.56. The molecule has 1 heterocycles. The van der Waals surface area contributed by atoms with Crippen molar-refractivity contribution in [2.45, 2.75) is 38.0 Å². The molecular formula is C26H27N3O7. The summed E-state index contributed by atoms with van der Waals surface area (Å²) in [6, 6.07) is 7.12. The molecule has 10 nitrogen and oxygen atoms in total. The highest BCUT2D eigenvalue weighted by atomic mass is 16.3. The van der Waals surface area contributed by atoms with E-state index < -0.39 is 52.0 Å². The molecule has 1 fully saturated rings. The summed E-state index contributed by atoms with van der Waals surface area (Å²) in [4.78, 5) is 37.7. The first-order chi connectivity index (χ1) is 17.1. The van der Waals surface area contributed by atoms with E-state index in [-0.39, 0.29) is 36.1 Å². The van der Waals surface area contributed by atoms with E-state index in [1.165, 1.54) is 6.07 Å². The molecule has 1 saturated carbocycles. The molecule has 10 heteroatoms. The van der Waals surface area contributed by atoms with Crippen LogP contribution in [0.15, 0.2) is 47.4 Å². The minimum absolute atomic E-state index is 0.0975. The van der Waals surface area contributed by atoms with Crippen molar-refractivity contribution in [2.24, 2.45) is 24.6 Å². The number of ketones is 2. The Hall–Kier alpha value is -3.89. The summed E-state index contributed by atoms with van der Waals surface area (Å²) in [7, 11) is 1.94. The molecule has 3 aliphatic rings. The molecule has 1 aromatic heterocycles. The first-order valence-corrected chi connectivity index (χ1v) is 11.7. The monoisotopic (exact) mass is 493 g/mol. The van der Waals surface area contributed by atoms with Crippen molar-refractivity contribution in [3.8, 4) is 5.75 Å². The summed E-state index contributed by atoms with van der Waals surface area (Å²) in [5.41, 5.74) is 4.38. The van der Waals surface area contributed by atoms with Crippen LogP contribution >= 0.6 is 0 Å². The van der Waals surface area contributed by atoms with Crippen LogP contribution in [0, 0.1) is 11.8 Å². The maximum absolute atomic E-state index is 13.5. The molecule has 7 N–H and O–H groups in total. The van der Waals surface area contributed by atoms with Gasteiger partial charge in [0.25, 0.3) is 5.91 Å². The predicted octanol–water partition coefficient (Wildman–Crippen LogP) is 1.05. The average Bonchev–Trinajstić information content (AvgIpc) is 3.22. The number of fused-ring (bicyclic) bond motifs is 3. The normalized spacial score (nSPS) is 25.5. The Morgan fingerprint density at radius 2 is 1.92 bits per heavy atom. The molecule has 0 radical (unpaired) electrons. The summed E-state index contributed by atoms with van der Waals surface area (Å²) < 4.78 is 1.99. The second kappa shape index (κ2) is 8.35. The van der Waals surface area contributed by atoms with Crippen molar-refractivity contribution in [2.75, 3.05) is 0 Å². The predicted molar refractivity (Wildman–Crippen MR) is 127 cm³/mol. The number of amides is 1. The number of nitrogens with two attached hydrogens (primary N) is 1. The molecule has 0 aliphatic heterocycles. The standard InChI is InChI=1S/C26H27N3O7/c1-29-6-2-3-15(29)11-28-10-12-4-5-17(30)20-16(12)8-13-7-14-9-18(31)21(25(27)35)24(34)26(14,36)23(33)19(13)22(20)32/h2-6,13-14,28,30,32,34,36H,7-11H2,1H3,(H2,27,35)/t13-,14+,26+/m1/s1. The van der Waals surface area contributed by atoms with Crippen LogP contribution in [0.4, 0.5) is 0 Å². The number of primary amides is 1. The molecule has 0 spiro atoms. The second-order valence-electron chi connectivity index (χ2n) is 9.72. The minimum Gasteiger partial charge on any atom is -0.508 e. The van der Waals surface area contributed by atoms with E-state index in [9.17, 15) is 34.8 Å². The van der Waals surface area contributed by atoms with Crippen LogP contribution in [0.25, 0.3) is 5.76 Å². The van der Waals surface area contributed by atoms with Gasteiger partial charge in [-0.05, 0) is 48.1 Å². The maximum Gasteiger partial charge on any atom is 0.255 e. The molecule has 3 atom stereocenters. The Morgan fingerprint density at radius 1 is 1.17 bits per heavy atom. The molecule has 0 saturated heterocycles. The van der Waals surface area contributed by atoms with Crippen LogP contribution < -0.4 is 11.1 Å². The van der Waals surface area contributed by atoms with Gasteiger partial charge in [-0.25, -0.2) is 0 Å². The number of aliphatic hydroxyl groups is 3. The number of nitrogens with one attached hydrogen (secondary N) is 1.